The number of amides is 1. The van der Waals surface area contributed by atoms with Crippen molar-refractivity contribution in [3.8, 4) is 0 Å². The van der Waals surface area contributed by atoms with Crippen molar-refractivity contribution < 1.29 is 9.32 Å². The third-order valence-electron chi connectivity index (χ3n) is 4.38. The van der Waals surface area contributed by atoms with Gasteiger partial charge in [-0.2, -0.15) is 0 Å². The fraction of sp³-hybridized carbons (Fsp3) is 0.562. The summed E-state index contributed by atoms with van der Waals surface area (Å²) in [6, 6.07) is 0. The number of hydrogen-bond acceptors (Lipinski definition) is 5. The van der Waals surface area contributed by atoms with Crippen LogP contribution < -0.4 is 5.32 Å². The quantitative estimate of drug-likeness (QED) is 0.937. The molecule has 3 rings (SSSR count). The van der Waals surface area contributed by atoms with E-state index < -0.39 is 0 Å². The Kier molecular flexibility index (Phi) is 4.29. The Morgan fingerprint density at radius 3 is 2.95 bits per heavy atom. The molecule has 0 radical (unpaired) electrons. The predicted octanol–water partition coefficient (Wildman–Crippen LogP) is 3.44. The number of rotatable bonds is 4. The normalized spacial score (nSPS) is 17.3. The summed E-state index contributed by atoms with van der Waals surface area (Å²) in [7, 11) is 0. The molecule has 0 aliphatic heterocycles. The monoisotopic (exact) mass is 319 g/mol. The second-order valence-corrected chi connectivity index (χ2v) is 7.02. The van der Waals surface area contributed by atoms with Gasteiger partial charge < -0.3 is 9.84 Å². The molecule has 2 heterocycles. The number of nitrogens with one attached hydrogen (secondary N) is 1. The first kappa shape index (κ1) is 15.2. The Morgan fingerprint density at radius 1 is 1.45 bits per heavy atom. The van der Waals surface area contributed by atoms with E-state index in [0.29, 0.717) is 5.76 Å². The molecule has 22 heavy (non-hydrogen) atoms. The summed E-state index contributed by atoms with van der Waals surface area (Å²) in [6.45, 7) is 5.92. The van der Waals surface area contributed by atoms with Crippen LogP contribution in [0.2, 0.25) is 0 Å². The Balaban J connectivity index is 1.67. The van der Waals surface area contributed by atoms with Crippen LogP contribution in [-0.4, -0.2) is 16.0 Å². The molecular formula is C16H21N3O2S. The van der Waals surface area contributed by atoms with Gasteiger partial charge in [0.05, 0.1) is 17.8 Å². The maximum atomic E-state index is 12.2. The van der Waals surface area contributed by atoms with E-state index in [2.05, 4.69) is 22.4 Å². The number of hydrogen-bond donors (Lipinski definition) is 1. The maximum Gasteiger partial charge on any atom is 0.230 e. The van der Waals surface area contributed by atoms with Crippen molar-refractivity contribution in [1.29, 1.82) is 0 Å². The smallest absolute Gasteiger partial charge is 0.230 e. The number of thiazole rings is 1. The molecule has 0 saturated heterocycles. The molecule has 6 heteroatoms. The number of aryl methyl sites for hydroxylation is 3. The van der Waals surface area contributed by atoms with E-state index in [1.54, 1.807) is 11.3 Å². The first-order valence-electron chi connectivity index (χ1n) is 7.77. The lowest BCUT2D eigenvalue weighted by Crippen LogP contribution is -2.15. The topological polar surface area (TPSA) is 68.0 Å². The number of carbonyl (C=O) groups excluding carboxylic acids is 1. The van der Waals surface area contributed by atoms with Gasteiger partial charge in [0.15, 0.2) is 5.13 Å². The lowest BCUT2D eigenvalue weighted by Gasteiger charge is -2.18. The molecule has 5 nitrogen and oxygen atoms in total. The lowest BCUT2D eigenvalue weighted by atomic mass is 9.89. The van der Waals surface area contributed by atoms with Crippen LogP contribution in [0.15, 0.2) is 4.52 Å². The van der Waals surface area contributed by atoms with Crippen molar-refractivity contribution in [2.24, 2.45) is 5.92 Å². The summed E-state index contributed by atoms with van der Waals surface area (Å²) < 4.78 is 5.09. The Labute approximate surface area is 134 Å². The number of fused-ring (bicyclic) bond motifs is 1. The number of anilines is 1. The van der Waals surface area contributed by atoms with Gasteiger partial charge in [0.1, 0.15) is 5.76 Å². The minimum absolute atomic E-state index is 0.0625. The fourth-order valence-corrected chi connectivity index (χ4v) is 4.06. The largest absolute Gasteiger partial charge is 0.361 e. The van der Waals surface area contributed by atoms with Crippen molar-refractivity contribution in [3.63, 3.8) is 0 Å². The van der Waals surface area contributed by atoms with E-state index >= 15 is 0 Å². The zero-order valence-electron chi connectivity index (χ0n) is 13.2. The summed E-state index contributed by atoms with van der Waals surface area (Å²) in [5.74, 6) is 1.41. The molecule has 118 valence electrons. The highest BCUT2D eigenvalue weighted by molar-refractivity contribution is 7.15. The van der Waals surface area contributed by atoms with Crippen LogP contribution in [-0.2, 0) is 24.1 Å². The summed E-state index contributed by atoms with van der Waals surface area (Å²) in [5.41, 5.74) is 2.81. The van der Waals surface area contributed by atoms with Crippen LogP contribution in [0.4, 0.5) is 5.13 Å². The van der Waals surface area contributed by atoms with E-state index in [-0.39, 0.29) is 12.3 Å². The first-order valence-corrected chi connectivity index (χ1v) is 8.58. The molecule has 1 aliphatic carbocycles. The molecule has 2 aromatic heterocycles. The van der Waals surface area contributed by atoms with Crippen LogP contribution in [0.1, 0.15) is 47.4 Å². The van der Waals surface area contributed by atoms with Crippen molar-refractivity contribution in [1.82, 2.24) is 10.1 Å². The molecule has 0 unspecified atom stereocenters. The van der Waals surface area contributed by atoms with Crippen LogP contribution in [0.5, 0.6) is 0 Å². The van der Waals surface area contributed by atoms with Crippen LogP contribution in [0.3, 0.4) is 0 Å². The SMILES string of the molecule is CC[C@H]1CCc2nc(NC(=O)Cc3c(C)noc3C)sc2C1. The zero-order valence-corrected chi connectivity index (χ0v) is 14.0. The van der Waals surface area contributed by atoms with E-state index in [1.165, 1.54) is 23.4 Å². The van der Waals surface area contributed by atoms with Gasteiger partial charge in [0.25, 0.3) is 0 Å². The minimum Gasteiger partial charge on any atom is -0.361 e. The van der Waals surface area contributed by atoms with E-state index in [9.17, 15) is 4.79 Å². The molecule has 0 spiro atoms. The van der Waals surface area contributed by atoms with Crippen LogP contribution in [0, 0.1) is 19.8 Å². The van der Waals surface area contributed by atoms with Gasteiger partial charge in [-0.15, -0.1) is 11.3 Å². The zero-order chi connectivity index (χ0) is 15.7. The lowest BCUT2D eigenvalue weighted by molar-refractivity contribution is -0.115. The molecule has 1 atom stereocenters. The van der Waals surface area contributed by atoms with Gasteiger partial charge >= 0.3 is 0 Å². The Morgan fingerprint density at radius 2 is 2.27 bits per heavy atom. The Bertz CT molecular complexity index is 670. The molecule has 0 fully saturated rings. The van der Waals surface area contributed by atoms with E-state index in [4.69, 9.17) is 4.52 Å². The standard InChI is InChI=1S/C16H21N3O2S/c1-4-11-5-6-13-14(7-11)22-16(17-13)18-15(20)8-12-9(2)19-21-10(12)3/h11H,4-8H2,1-3H3,(H,17,18,20)/t11-/m0/s1. The third kappa shape index (κ3) is 3.06. The number of aromatic nitrogens is 2. The summed E-state index contributed by atoms with van der Waals surface area (Å²) in [6.07, 6.45) is 4.83. The highest BCUT2D eigenvalue weighted by Gasteiger charge is 2.22. The van der Waals surface area contributed by atoms with Crippen molar-refractivity contribution in [3.05, 3.63) is 27.6 Å². The average Bonchev–Trinajstić information content (AvgIpc) is 3.03. The summed E-state index contributed by atoms with van der Waals surface area (Å²) in [5, 5.41) is 7.52. The highest BCUT2D eigenvalue weighted by Crippen LogP contribution is 2.33. The number of nitrogens with zero attached hydrogens (tertiary/aromatic N) is 2. The Hall–Kier alpha value is -1.69. The molecule has 0 aromatic carbocycles. The van der Waals surface area contributed by atoms with Gasteiger partial charge in [0, 0.05) is 10.4 Å². The van der Waals surface area contributed by atoms with Gasteiger partial charge in [-0.3, -0.25) is 4.79 Å². The van der Waals surface area contributed by atoms with Crippen LogP contribution >= 0.6 is 11.3 Å². The molecular weight excluding hydrogens is 298 g/mol. The van der Waals surface area contributed by atoms with Crippen LogP contribution in [0.25, 0.3) is 0 Å². The molecule has 1 amide bonds. The van der Waals surface area contributed by atoms with Gasteiger partial charge in [-0.1, -0.05) is 18.5 Å². The molecule has 1 N–H and O–H groups in total. The van der Waals surface area contributed by atoms with E-state index in [1.807, 2.05) is 13.8 Å². The molecule has 0 saturated carbocycles. The van der Waals surface area contributed by atoms with E-state index in [0.717, 1.165) is 35.1 Å². The van der Waals surface area contributed by atoms with Gasteiger partial charge in [0.2, 0.25) is 5.91 Å². The minimum atomic E-state index is -0.0625. The van der Waals surface area contributed by atoms with Crippen molar-refractivity contribution in [2.75, 3.05) is 5.32 Å². The van der Waals surface area contributed by atoms with Gasteiger partial charge in [-0.05, 0) is 39.0 Å². The molecule has 1 aliphatic rings. The highest BCUT2D eigenvalue weighted by atomic mass is 32.1. The van der Waals surface area contributed by atoms with Gasteiger partial charge in [-0.25, -0.2) is 4.98 Å². The predicted molar refractivity (Wildman–Crippen MR) is 86.2 cm³/mol. The number of carbonyl (C=O) groups is 1. The van der Waals surface area contributed by atoms with Crippen molar-refractivity contribution >= 4 is 22.4 Å². The first-order chi connectivity index (χ1) is 10.6. The fourth-order valence-electron chi connectivity index (χ4n) is 2.92. The summed E-state index contributed by atoms with van der Waals surface area (Å²) in [4.78, 5) is 18.1. The molecule has 0 bridgehead atoms. The second-order valence-electron chi connectivity index (χ2n) is 5.93. The van der Waals surface area contributed by atoms with Crippen molar-refractivity contribution in [2.45, 2.75) is 52.9 Å². The third-order valence-corrected chi connectivity index (χ3v) is 5.42. The second kappa shape index (κ2) is 6.20. The summed E-state index contributed by atoms with van der Waals surface area (Å²) >= 11 is 1.62. The maximum absolute atomic E-state index is 12.2. The average molecular weight is 319 g/mol. The molecule has 2 aromatic rings.